The van der Waals surface area contributed by atoms with Crippen LogP contribution in [0, 0.1) is 39.9 Å². The van der Waals surface area contributed by atoms with Crippen LogP contribution in [-0.4, -0.2) is 103 Å². The predicted octanol–water partition coefficient (Wildman–Crippen LogP) is 3.50. The van der Waals surface area contributed by atoms with E-state index < -0.39 is 124 Å². The largest absolute Gasteiger partial charge is 0.461 e. The zero-order chi connectivity index (χ0) is 40.9. The van der Waals surface area contributed by atoms with Crippen LogP contribution in [0.25, 0.3) is 0 Å². The molecule has 10 rings (SSSR count). The van der Waals surface area contributed by atoms with Crippen molar-refractivity contribution in [2.24, 2.45) is 39.9 Å². The van der Waals surface area contributed by atoms with Crippen molar-refractivity contribution in [3.8, 4) is 0 Å². The van der Waals surface area contributed by atoms with Crippen LogP contribution in [0.5, 0.6) is 0 Å². The van der Waals surface area contributed by atoms with E-state index >= 15 is 0 Å². The maximum atomic E-state index is 14.1. The van der Waals surface area contributed by atoms with Crippen LogP contribution in [0.2, 0.25) is 0 Å². The Hall–Kier alpha value is -5.37. The summed E-state index contributed by atoms with van der Waals surface area (Å²) < 4.78 is 38.2. The summed E-state index contributed by atoms with van der Waals surface area (Å²) in [4.78, 5) is 97.0. The molecule has 2 heterocycles. The lowest BCUT2D eigenvalue weighted by molar-refractivity contribution is -0.312. The molecule has 2 aromatic carbocycles. The van der Waals surface area contributed by atoms with Gasteiger partial charge in [-0.3, -0.25) is 24.1 Å². The highest BCUT2D eigenvalue weighted by Gasteiger charge is 2.96. The van der Waals surface area contributed by atoms with Crippen molar-refractivity contribution in [3.05, 3.63) is 83.9 Å². The molecule has 300 valence electrons. The van der Waals surface area contributed by atoms with Gasteiger partial charge in [0.1, 0.15) is 42.9 Å². The number of esters is 6. The van der Waals surface area contributed by atoms with Gasteiger partial charge in [0.05, 0.1) is 28.5 Å². The molecule has 8 aliphatic rings. The maximum absolute atomic E-state index is 14.1. The van der Waals surface area contributed by atoms with E-state index in [2.05, 4.69) is 6.58 Å². The summed E-state index contributed by atoms with van der Waals surface area (Å²) in [5.74, 6) is -7.81. The third-order valence-electron chi connectivity index (χ3n) is 13.9. The SMILES string of the molecule is C=C1[C@@H]2[C@@H](OC(C)=O)[C@H]3C45[C@H](OC(C)=O)[C@@H](OC(=O)c6ccccc6)C[C@@](C)(C=O)[C@H]4[C@@H]4[C@H](OC(C)=O)[C@]3([C@H]([C@H]2OC(=O)c2ccccc2)[C@H]5N4C)[C@H]1OC(C)=O. The van der Waals surface area contributed by atoms with Gasteiger partial charge >= 0.3 is 35.8 Å². The monoisotopic (exact) mass is 783 g/mol. The van der Waals surface area contributed by atoms with Crippen LogP contribution in [-0.2, 0) is 52.4 Å². The number of aldehydes is 1. The molecule has 7 bridgehead atoms. The lowest BCUT2D eigenvalue weighted by Gasteiger charge is -2.71. The van der Waals surface area contributed by atoms with Gasteiger partial charge in [0.25, 0.3) is 0 Å². The third-order valence-corrected chi connectivity index (χ3v) is 13.9. The molecule has 14 nitrogen and oxygen atoms in total. The highest BCUT2D eigenvalue weighted by Crippen LogP contribution is 2.86. The normalized spacial score (nSPS) is 40.4. The van der Waals surface area contributed by atoms with Gasteiger partial charge < -0.3 is 33.2 Å². The number of fused-ring (bicyclic) bond motifs is 1. The first-order chi connectivity index (χ1) is 27.0. The van der Waals surface area contributed by atoms with Crippen molar-refractivity contribution in [2.75, 3.05) is 7.05 Å². The fourth-order valence-corrected chi connectivity index (χ4v) is 13.0. The lowest BCUT2D eigenvalue weighted by Crippen LogP contribution is -2.81. The van der Waals surface area contributed by atoms with Gasteiger partial charge in [0.2, 0.25) is 0 Å². The standard InChI is InChI=1S/C43H45NO13/c1-20-28-31(57-40(51)26-16-12-9-13-17-26)29-35-43-33(41(6,19-45)18-27(37(43)54-23(4)48)56-39(50)25-14-10-8-11-15-25)30(44(35)7)38(55-24(5)49)42(29,36(20)53-22(3)47)34(43)32(28)52-21(2)46/h8-17,19,27-38H,1,18H2,2-7H3/t27-,28-,29+,30+,31-,32+,33+,34+,35+,36-,37+,38-,41-,42-,43?/m0/s1. The molecule has 0 aromatic heterocycles. The van der Waals surface area contributed by atoms with E-state index in [-0.39, 0.29) is 23.1 Å². The number of carbonyl (C=O) groups is 7. The fraction of sp³-hybridized carbons (Fsp3) is 0.512. The number of hydrogen-bond donors (Lipinski definition) is 0. The van der Waals surface area contributed by atoms with Crippen LogP contribution >= 0.6 is 0 Å². The highest BCUT2D eigenvalue weighted by molar-refractivity contribution is 5.90. The maximum Gasteiger partial charge on any atom is 0.338 e. The Morgan fingerprint density at radius 3 is 1.74 bits per heavy atom. The molecule has 2 saturated heterocycles. The Morgan fingerprint density at radius 1 is 0.684 bits per heavy atom. The van der Waals surface area contributed by atoms with E-state index in [1.165, 1.54) is 27.7 Å². The average Bonchev–Trinajstić information content (AvgIpc) is 3.48. The minimum atomic E-state index is -1.53. The number of rotatable bonds is 9. The van der Waals surface area contributed by atoms with Gasteiger partial charge in [-0.05, 0) is 36.9 Å². The second-order valence-electron chi connectivity index (χ2n) is 16.7. The Bertz CT molecular complexity index is 2070. The van der Waals surface area contributed by atoms with E-state index in [9.17, 15) is 33.6 Å². The molecule has 0 N–H and O–H groups in total. The molecule has 1 unspecified atom stereocenters. The Balaban J connectivity index is 1.44. The van der Waals surface area contributed by atoms with E-state index in [1.807, 2.05) is 4.90 Å². The number of hydrogen-bond acceptors (Lipinski definition) is 14. The molecule has 2 aromatic rings. The number of nitrogens with zero attached hydrogens (tertiary/aromatic N) is 1. The van der Waals surface area contributed by atoms with Crippen LogP contribution in [0.15, 0.2) is 72.8 Å². The van der Waals surface area contributed by atoms with Crippen molar-refractivity contribution in [3.63, 3.8) is 0 Å². The van der Waals surface area contributed by atoms with E-state index in [0.717, 1.165) is 6.29 Å². The smallest absolute Gasteiger partial charge is 0.338 e. The van der Waals surface area contributed by atoms with Gasteiger partial charge in [-0.15, -0.1) is 0 Å². The first-order valence-corrected chi connectivity index (χ1v) is 19.1. The summed E-state index contributed by atoms with van der Waals surface area (Å²) in [6.07, 6.45) is -6.45. The molecule has 0 radical (unpaired) electrons. The molecule has 2 spiro atoms. The van der Waals surface area contributed by atoms with Crippen molar-refractivity contribution in [1.29, 1.82) is 0 Å². The van der Waals surface area contributed by atoms with E-state index in [4.69, 9.17) is 28.4 Å². The molecule has 2 aliphatic heterocycles. The number of likely N-dealkylation sites (N-methyl/N-ethyl adjacent to an activating group) is 1. The topological polar surface area (TPSA) is 178 Å². The Labute approximate surface area is 329 Å². The summed E-state index contributed by atoms with van der Waals surface area (Å²) in [7, 11) is 1.81. The molecule has 15 atom stereocenters. The highest BCUT2D eigenvalue weighted by atomic mass is 16.6. The minimum Gasteiger partial charge on any atom is -0.461 e. The second-order valence-corrected chi connectivity index (χ2v) is 16.7. The molecule has 57 heavy (non-hydrogen) atoms. The van der Waals surface area contributed by atoms with E-state index in [1.54, 1.807) is 74.6 Å². The third kappa shape index (κ3) is 5.14. The first kappa shape index (κ1) is 38.5. The Morgan fingerprint density at radius 2 is 1.21 bits per heavy atom. The first-order valence-electron chi connectivity index (χ1n) is 19.1. The van der Waals surface area contributed by atoms with Crippen LogP contribution in [0.3, 0.4) is 0 Å². The molecule has 6 saturated carbocycles. The van der Waals surface area contributed by atoms with Crippen LogP contribution in [0.1, 0.15) is 61.8 Å². The van der Waals surface area contributed by atoms with Gasteiger partial charge in [0, 0.05) is 68.7 Å². The van der Waals surface area contributed by atoms with Gasteiger partial charge in [-0.2, -0.15) is 0 Å². The number of carbonyl (C=O) groups excluding carboxylic acids is 7. The molecule has 0 amide bonds. The van der Waals surface area contributed by atoms with Crippen molar-refractivity contribution >= 4 is 42.1 Å². The van der Waals surface area contributed by atoms with Gasteiger partial charge in [-0.25, -0.2) is 9.59 Å². The number of piperidine rings is 1. The van der Waals surface area contributed by atoms with Crippen molar-refractivity contribution < 1.29 is 62.0 Å². The van der Waals surface area contributed by atoms with Gasteiger partial charge in [0.15, 0.2) is 0 Å². The van der Waals surface area contributed by atoms with Crippen molar-refractivity contribution in [2.45, 2.75) is 89.7 Å². The second kappa shape index (κ2) is 13.4. The summed E-state index contributed by atoms with van der Waals surface area (Å²) in [5, 5.41) is 0. The number of ether oxygens (including phenoxy) is 6. The summed E-state index contributed by atoms with van der Waals surface area (Å²) in [5.41, 5.74) is -3.55. The van der Waals surface area contributed by atoms with E-state index in [0.29, 0.717) is 0 Å². The molecular formula is C43H45NO13. The summed E-state index contributed by atoms with van der Waals surface area (Å²) in [6, 6.07) is 15.0. The zero-order valence-corrected chi connectivity index (χ0v) is 32.4. The van der Waals surface area contributed by atoms with Crippen LogP contribution in [0.4, 0.5) is 0 Å². The number of benzene rings is 2. The average molecular weight is 784 g/mol. The van der Waals surface area contributed by atoms with Crippen LogP contribution < -0.4 is 0 Å². The Kier molecular flexibility index (Phi) is 9.02. The lowest BCUT2D eigenvalue weighted by atomic mass is 9.36. The molecule has 8 fully saturated rings. The zero-order valence-electron chi connectivity index (χ0n) is 32.4. The molecular weight excluding hydrogens is 738 g/mol. The summed E-state index contributed by atoms with van der Waals surface area (Å²) in [6.45, 7) is 11.1. The summed E-state index contributed by atoms with van der Waals surface area (Å²) >= 11 is 0. The predicted molar refractivity (Wildman–Crippen MR) is 196 cm³/mol. The fourth-order valence-electron chi connectivity index (χ4n) is 13.0. The molecule has 6 aliphatic carbocycles. The minimum absolute atomic E-state index is 0.0815. The quantitative estimate of drug-likeness (QED) is 0.156. The molecule has 14 heteroatoms. The van der Waals surface area contributed by atoms with Crippen molar-refractivity contribution in [1.82, 2.24) is 4.90 Å². The van der Waals surface area contributed by atoms with Gasteiger partial charge in [-0.1, -0.05) is 49.9 Å².